The van der Waals surface area contributed by atoms with Crippen LogP contribution in [0.2, 0.25) is 0 Å². The number of aromatic nitrogens is 1. The molecule has 3 heterocycles. The highest BCUT2D eigenvalue weighted by molar-refractivity contribution is 5.89. The van der Waals surface area contributed by atoms with E-state index in [2.05, 4.69) is 89.2 Å². The number of hydrogen-bond acceptors (Lipinski definition) is 11. The lowest BCUT2D eigenvalue weighted by molar-refractivity contribution is -0.165. The van der Waals surface area contributed by atoms with Crippen molar-refractivity contribution in [1.29, 1.82) is 0 Å². The molecule has 79 heavy (non-hydrogen) atoms. The standard InChI is InChI=1S/C67H83N5O7/c1-4-36-33-71-59(68)32-49(36)48(39-12-11-37-9-5-6-10-38(37)25-39)31-55(75)54(74)26-41-17-22-67(58(77)16-13-40-27-57(79-3)56(76)30-47(40)41)23-18-44-46(65(67)78)15-14-43-51-34-70-53-29-42(73)28-50-45-19-24-69-64(45)63(62(51)61(50)53)52(60(43)44)35-72-66(2)20-7-8-21-66/h5-6,9-12,19,24-25,27,30,32,41,43-44,46,48,50-55,60-63,65,69-72,74-76,78H,4,7-8,13-16,18,20-21,23,26,28-29,31,33-35,68H2,1-3H3/t41-,43+,44+,46+,48+,50-,51+,52+,53-,54+,55-,60+,61-,62+,63-,65+,67-/m0/s1. The zero-order valence-corrected chi connectivity index (χ0v) is 46.5. The number of rotatable bonds is 12. The van der Waals surface area contributed by atoms with Gasteiger partial charge in [0.1, 0.15) is 11.2 Å². The van der Waals surface area contributed by atoms with Crippen LogP contribution in [0.5, 0.6) is 11.5 Å². The van der Waals surface area contributed by atoms with E-state index in [1.54, 1.807) is 12.1 Å². The minimum Gasteiger partial charge on any atom is -0.504 e. The number of hydrogen-bond donors (Lipinski definition) is 9. The number of aliphatic hydroxyl groups is 3. The summed E-state index contributed by atoms with van der Waals surface area (Å²) in [4.78, 5) is 32.5. The van der Waals surface area contributed by atoms with Gasteiger partial charge in [-0.2, -0.15) is 0 Å². The van der Waals surface area contributed by atoms with Gasteiger partial charge >= 0.3 is 0 Å². The van der Waals surface area contributed by atoms with Gasteiger partial charge in [0.05, 0.1) is 31.2 Å². The van der Waals surface area contributed by atoms with Crippen LogP contribution in [0, 0.1) is 64.6 Å². The van der Waals surface area contributed by atoms with Crippen molar-refractivity contribution in [2.45, 2.75) is 164 Å². The Morgan fingerprint density at radius 2 is 1.68 bits per heavy atom. The first kappa shape index (κ1) is 52.9. The number of phenolic OH excluding ortho intramolecular Hbond substituents is 1. The van der Waals surface area contributed by atoms with Gasteiger partial charge in [-0.05, 0) is 206 Å². The van der Waals surface area contributed by atoms with Crippen molar-refractivity contribution in [2.24, 2.45) is 58.5 Å². The number of dihydropyridines is 1. The van der Waals surface area contributed by atoms with Crippen LogP contribution in [0.3, 0.4) is 0 Å². The maximum Gasteiger partial charge on any atom is 0.160 e. The molecule has 3 aromatic carbocycles. The topological polar surface area (TPSA) is 202 Å². The molecule has 12 nitrogen and oxygen atoms in total. The van der Waals surface area contributed by atoms with Gasteiger partial charge in [0, 0.05) is 67.0 Å². The van der Waals surface area contributed by atoms with Gasteiger partial charge in [-0.25, -0.2) is 0 Å². The SMILES string of the molecule is CCC1=C([C@H](C[C@H](O)[C@H](O)C[C@@H]2C#C[C@]3(CC[C@@H]4[C@@H](CC[C@@H]5[C@H]6CN[C@H]7CC(=O)C[C@H]8c9cc[nH]c9[C@@H]([C@H](CNC9(C)CCCC9)[C@H]54)[C@H]6[C@H]78)[C@H]3O)C(=O)CCc3cc(OC)c(O)cc32)c2ccc3ccccc3c2)C=C(N)NC1. The second-order valence-electron chi connectivity index (χ2n) is 26.3. The van der Waals surface area contributed by atoms with Gasteiger partial charge in [-0.3, -0.25) is 9.59 Å². The molecular weight excluding hydrogens is 987 g/mol. The highest BCUT2D eigenvalue weighted by atomic mass is 16.5. The van der Waals surface area contributed by atoms with Crippen LogP contribution in [-0.4, -0.2) is 93.6 Å². The van der Waals surface area contributed by atoms with E-state index in [-0.39, 0.29) is 66.0 Å². The molecule has 0 bridgehead atoms. The molecule has 10 N–H and O–H groups in total. The highest BCUT2D eigenvalue weighted by Gasteiger charge is 2.66. The zero-order chi connectivity index (χ0) is 54.5. The van der Waals surface area contributed by atoms with E-state index in [1.807, 2.05) is 18.2 Å². The molecule has 17 atom stereocenters. The fourth-order valence-electron chi connectivity index (χ4n) is 18.7. The quantitative estimate of drug-likeness (QED) is 0.0614. The number of carbonyl (C=O) groups is 2. The fraction of sp³-hybridized carbons (Fsp3) is 0.582. The summed E-state index contributed by atoms with van der Waals surface area (Å²) >= 11 is 0. The van der Waals surface area contributed by atoms with Crippen molar-refractivity contribution in [3.63, 3.8) is 0 Å². The summed E-state index contributed by atoms with van der Waals surface area (Å²) in [5.74, 6) is 10.3. The maximum atomic E-state index is 15.3. The van der Waals surface area contributed by atoms with Crippen LogP contribution in [0.15, 0.2) is 89.9 Å². The number of nitrogens with two attached hydrogens (primary N) is 1. The molecule has 5 saturated carbocycles. The number of aryl methyl sites for hydroxylation is 1. The van der Waals surface area contributed by atoms with E-state index >= 15 is 4.79 Å². The van der Waals surface area contributed by atoms with E-state index in [0.717, 1.165) is 66.2 Å². The molecule has 12 heteroatoms. The number of nitrogens with one attached hydrogen (secondary N) is 4. The number of benzene rings is 3. The van der Waals surface area contributed by atoms with E-state index in [9.17, 15) is 25.2 Å². The lowest BCUT2D eigenvalue weighted by Gasteiger charge is -2.66. The molecule has 13 rings (SSSR count). The number of carbonyl (C=O) groups excluding carboxylic acids is 2. The van der Waals surface area contributed by atoms with Gasteiger partial charge in [0.2, 0.25) is 0 Å². The highest BCUT2D eigenvalue weighted by Crippen LogP contribution is 2.68. The summed E-state index contributed by atoms with van der Waals surface area (Å²) in [5.41, 5.74) is 12.6. The van der Waals surface area contributed by atoms with Crippen LogP contribution in [0.1, 0.15) is 155 Å². The first-order chi connectivity index (χ1) is 38.3. The number of aromatic hydroxyl groups is 1. The summed E-state index contributed by atoms with van der Waals surface area (Å²) in [6.07, 6.45) is 11.4. The molecule has 2 aliphatic heterocycles. The zero-order valence-electron chi connectivity index (χ0n) is 46.5. The number of fused-ring (bicyclic) bond motifs is 9. The normalized spacial score (nSPS) is 35.4. The third-order valence-corrected chi connectivity index (χ3v) is 22.5. The number of allylic oxidation sites excluding steroid dienone is 2. The largest absolute Gasteiger partial charge is 0.504 e. The number of aromatic amines is 1. The molecule has 7 aliphatic carbocycles. The summed E-state index contributed by atoms with van der Waals surface area (Å²) in [7, 11) is 1.51. The van der Waals surface area contributed by atoms with Crippen LogP contribution in [-0.2, 0) is 16.0 Å². The molecule has 6 fully saturated rings. The van der Waals surface area contributed by atoms with Crippen molar-refractivity contribution >= 4 is 22.3 Å². The van der Waals surface area contributed by atoms with Gasteiger partial charge in [-0.1, -0.05) is 74.1 Å². The molecule has 9 aliphatic rings. The van der Waals surface area contributed by atoms with Crippen LogP contribution < -0.4 is 26.4 Å². The van der Waals surface area contributed by atoms with Gasteiger partial charge in [0.15, 0.2) is 17.3 Å². The summed E-state index contributed by atoms with van der Waals surface area (Å²) < 4.78 is 5.63. The van der Waals surface area contributed by atoms with Crippen molar-refractivity contribution in [2.75, 3.05) is 26.7 Å². The monoisotopic (exact) mass is 1070 g/mol. The van der Waals surface area contributed by atoms with Crippen LogP contribution >= 0.6 is 0 Å². The molecule has 1 saturated heterocycles. The third kappa shape index (κ3) is 9.08. The molecule has 0 radical (unpaired) electrons. The minimum absolute atomic E-state index is 0.0376. The Morgan fingerprint density at radius 3 is 2.49 bits per heavy atom. The van der Waals surface area contributed by atoms with E-state index in [0.29, 0.717) is 96.6 Å². The Hall–Kier alpha value is -5.42. The number of methoxy groups -OCH3 is 1. The van der Waals surface area contributed by atoms with E-state index < -0.39 is 29.6 Å². The number of phenols is 1. The third-order valence-electron chi connectivity index (χ3n) is 22.5. The number of aliphatic hydroxyl groups excluding tert-OH is 3. The number of H-pyrrole nitrogens is 1. The van der Waals surface area contributed by atoms with E-state index in [1.165, 1.54) is 49.6 Å². The van der Waals surface area contributed by atoms with Crippen molar-refractivity contribution < 1.29 is 34.8 Å². The molecule has 1 aromatic heterocycles. The van der Waals surface area contributed by atoms with Crippen molar-refractivity contribution in [1.82, 2.24) is 20.9 Å². The maximum absolute atomic E-state index is 15.3. The lowest BCUT2D eigenvalue weighted by Crippen LogP contribution is -2.67. The predicted octanol–water partition coefficient (Wildman–Crippen LogP) is 8.90. The first-order valence-corrected chi connectivity index (χ1v) is 30.3. The summed E-state index contributed by atoms with van der Waals surface area (Å²) in [6.45, 7) is 6.97. The number of piperidine rings is 1. The lowest BCUT2D eigenvalue weighted by atomic mass is 9.40. The Balaban J connectivity index is 0.834. The second kappa shape index (κ2) is 20.8. The number of ether oxygens (including phenoxy) is 1. The van der Waals surface area contributed by atoms with Crippen LogP contribution in [0.25, 0.3) is 10.8 Å². The summed E-state index contributed by atoms with van der Waals surface area (Å²) in [5, 5.41) is 63.2. The van der Waals surface area contributed by atoms with Crippen molar-refractivity contribution in [3.05, 3.63) is 118 Å². The van der Waals surface area contributed by atoms with E-state index in [4.69, 9.17) is 10.5 Å². The van der Waals surface area contributed by atoms with Gasteiger partial charge in [-0.15, -0.1) is 0 Å². The van der Waals surface area contributed by atoms with Gasteiger partial charge < -0.3 is 51.8 Å². The molecule has 418 valence electrons. The molecular formula is C67H83N5O7. The minimum atomic E-state index is -1.32. The fourth-order valence-corrected chi connectivity index (χ4v) is 18.7. The summed E-state index contributed by atoms with van der Waals surface area (Å²) in [6, 6.07) is 20.6. The average molecular weight is 1070 g/mol. The Labute approximate surface area is 466 Å². The average Bonchev–Trinajstić information content (AvgIpc) is 3.82. The predicted molar refractivity (Wildman–Crippen MR) is 306 cm³/mol. The Morgan fingerprint density at radius 1 is 0.886 bits per heavy atom. The van der Waals surface area contributed by atoms with Crippen molar-refractivity contribution in [3.8, 4) is 23.3 Å². The number of ketones is 2. The van der Waals surface area contributed by atoms with Crippen LogP contribution in [0.4, 0.5) is 0 Å². The van der Waals surface area contributed by atoms with Gasteiger partial charge in [0.25, 0.3) is 0 Å². The first-order valence-electron chi connectivity index (χ1n) is 30.3. The second-order valence-corrected chi connectivity index (χ2v) is 26.3. The Bertz CT molecular complexity index is 3140. The molecule has 4 aromatic rings. The molecule has 1 spiro atoms. The smallest absolute Gasteiger partial charge is 0.160 e. The Kier molecular flexibility index (Phi) is 14.0. The molecule has 0 unspecified atom stereocenters. The molecule has 0 amide bonds. The number of Topliss-reactive ketones (excluding diaryl/α,β-unsaturated/α-hetero) is 2.